The molecule has 306 valence electrons. The van der Waals surface area contributed by atoms with Crippen LogP contribution < -0.4 is 31.9 Å². The molecule has 0 bridgehead atoms. The number of ether oxygens (including phenoxy) is 3. The van der Waals surface area contributed by atoms with Crippen LogP contribution >= 0.6 is 0 Å². The zero-order valence-corrected chi connectivity index (χ0v) is 31.8. The van der Waals surface area contributed by atoms with E-state index >= 15 is 0 Å². The summed E-state index contributed by atoms with van der Waals surface area (Å²) in [5.74, 6) is -3.60. The van der Waals surface area contributed by atoms with E-state index in [2.05, 4.69) is 38.5 Å². The molecule has 1 unspecified atom stereocenters. The van der Waals surface area contributed by atoms with Crippen LogP contribution in [0.5, 0.6) is 0 Å². The smallest absolute Gasteiger partial charge is 0.325 e. The second-order valence-corrected chi connectivity index (χ2v) is 12.1. The van der Waals surface area contributed by atoms with Gasteiger partial charge in [0.1, 0.15) is 19.6 Å². The van der Waals surface area contributed by atoms with Crippen LogP contribution in [0.4, 0.5) is 0 Å². The summed E-state index contributed by atoms with van der Waals surface area (Å²) in [7, 11) is 0. The fourth-order valence-corrected chi connectivity index (χ4v) is 5.10. The molecule has 6 N–H and O–H groups in total. The van der Waals surface area contributed by atoms with Crippen molar-refractivity contribution in [2.24, 2.45) is 0 Å². The molecule has 1 aliphatic heterocycles. The minimum atomic E-state index is -0.580. The maximum Gasteiger partial charge on any atom is 0.325 e. The molecule has 0 spiro atoms. The highest BCUT2D eigenvalue weighted by Crippen LogP contribution is 2.03. The minimum Gasteiger partial charge on any atom is -0.465 e. The Hall–Kier alpha value is -4.66. The summed E-state index contributed by atoms with van der Waals surface area (Å²) < 4.78 is 14.7. The molecule has 1 rings (SSSR count). The highest BCUT2D eigenvalue weighted by atomic mass is 16.5. The molecule has 1 heterocycles. The topological polar surface area (TPSA) is 246 Å². The van der Waals surface area contributed by atoms with Crippen LogP contribution in [-0.2, 0) is 52.6 Å². The van der Waals surface area contributed by atoms with Gasteiger partial charge in [0.2, 0.25) is 29.5 Å². The maximum atomic E-state index is 13.0. The Kier molecular flexibility index (Phi) is 25.3. The van der Waals surface area contributed by atoms with E-state index in [1.54, 1.807) is 20.8 Å². The second-order valence-electron chi connectivity index (χ2n) is 12.1. The Morgan fingerprint density at radius 1 is 0.611 bits per heavy atom. The number of hydrogen-bond acceptors (Lipinski definition) is 15. The van der Waals surface area contributed by atoms with E-state index in [4.69, 9.17) is 14.2 Å². The first-order valence-electron chi connectivity index (χ1n) is 18.2. The summed E-state index contributed by atoms with van der Waals surface area (Å²) in [6, 6.07) is -0.505. The molecule has 0 radical (unpaired) electrons. The van der Waals surface area contributed by atoms with Crippen LogP contribution in [0.15, 0.2) is 12.7 Å². The normalized spacial score (nSPS) is 15.9. The number of esters is 3. The van der Waals surface area contributed by atoms with Crippen LogP contribution in [0.3, 0.4) is 0 Å². The molecule has 0 aliphatic carbocycles. The largest absolute Gasteiger partial charge is 0.465 e. The van der Waals surface area contributed by atoms with Gasteiger partial charge < -0.3 is 46.1 Å². The van der Waals surface area contributed by atoms with Crippen molar-refractivity contribution in [3.8, 4) is 0 Å². The Morgan fingerprint density at radius 3 is 1.54 bits per heavy atom. The molecule has 1 saturated heterocycles. The van der Waals surface area contributed by atoms with Crippen molar-refractivity contribution >= 4 is 47.4 Å². The maximum absolute atomic E-state index is 13.0. The summed E-state index contributed by atoms with van der Waals surface area (Å²) in [5, 5.41) is 16.5. The van der Waals surface area contributed by atoms with E-state index < -0.39 is 41.7 Å². The zero-order chi connectivity index (χ0) is 40.1. The third-order valence-electron chi connectivity index (χ3n) is 7.70. The molecule has 1 fully saturated rings. The summed E-state index contributed by atoms with van der Waals surface area (Å²) in [5.41, 5.74) is 0. The number of amides is 5. The van der Waals surface area contributed by atoms with E-state index in [9.17, 15) is 38.4 Å². The van der Waals surface area contributed by atoms with Crippen molar-refractivity contribution in [3.05, 3.63) is 12.7 Å². The molecule has 0 aromatic carbocycles. The average Bonchev–Trinajstić information content (AvgIpc) is 3.12. The van der Waals surface area contributed by atoms with E-state index in [1.165, 1.54) is 0 Å². The van der Waals surface area contributed by atoms with E-state index in [1.807, 2.05) is 14.7 Å². The fraction of sp³-hybridized carbons (Fsp3) is 0.706. The molecule has 20 heteroatoms. The zero-order valence-electron chi connectivity index (χ0n) is 31.8. The molecule has 0 aromatic heterocycles. The molecule has 1 aliphatic rings. The van der Waals surface area contributed by atoms with Crippen LogP contribution in [-0.4, -0.2) is 186 Å². The molecule has 0 saturated carbocycles. The third-order valence-corrected chi connectivity index (χ3v) is 7.70. The number of carbonyl (C=O) groups is 8. The van der Waals surface area contributed by atoms with Crippen molar-refractivity contribution in [3.63, 3.8) is 0 Å². The summed E-state index contributed by atoms with van der Waals surface area (Å²) >= 11 is 0. The van der Waals surface area contributed by atoms with Crippen LogP contribution in [0, 0.1) is 0 Å². The first-order chi connectivity index (χ1) is 25.9. The number of nitrogens with one attached hydrogen (secondary N) is 6. The van der Waals surface area contributed by atoms with Gasteiger partial charge in [-0.05, 0) is 33.3 Å². The van der Waals surface area contributed by atoms with Crippen molar-refractivity contribution in [2.45, 2.75) is 39.7 Å². The van der Waals surface area contributed by atoms with Gasteiger partial charge in [-0.15, -0.1) is 0 Å². The fourth-order valence-electron chi connectivity index (χ4n) is 5.10. The predicted octanol–water partition coefficient (Wildman–Crippen LogP) is -3.90. The molecule has 0 aromatic rings. The van der Waals surface area contributed by atoms with Gasteiger partial charge in [-0.1, -0.05) is 6.58 Å². The van der Waals surface area contributed by atoms with E-state index in [-0.39, 0.29) is 90.4 Å². The van der Waals surface area contributed by atoms with Gasteiger partial charge in [0.15, 0.2) is 0 Å². The summed E-state index contributed by atoms with van der Waals surface area (Å²) in [4.78, 5) is 104. The Morgan fingerprint density at radius 2 is 1.04 bits per heavy atom. The van der Waals surface area contributed by atoms with Crippen molar-refractivity contribution in [1.82, 2.24) is 46.6 Å². The minimum absolute atomic E-state index is 0.0443. The van der Waals surface area contributed by atoms with Crippen LogP contribution in [0.2, 0.25) is 0 Å². The standard InChI is InChI=1S/C34H59N9O11/c1-5-27(44)36-10-9-11-37-29(46)25-43-17-16-42(24-31(48)40-21-34(51)54-8-4)15-14-41(23-30(47)39-20-33(50)53-7-3)13-12-35-26(22-43)18-28(45)38-19-32(49)52-6-2/h5,26,35H,1,6-25H2,2-4H3,(H,36,44)(H,37,46)(H,38,45)(H,39,47)(H,40,48). The van der Waals surface area contributed by atoms with Gasteiger partial charge in [-0.3, -0.25) is 53.1 Å². The van der Waals surface area contributed by atoms with Gasteiger partial charge in [0.25, 0.3) is 0 Å². The molecule has 20 nitrogen and oxygen atoms in total. The van der Waals surface area contributed by atoms with E-state index in [0.29, 0.717) is 52.2 Å². The molecule has 1 atom stereocenters. The van der Waals surface area contributed by atoms with Crippen molar-refractivity contribution in [1.29, 1.82) is 0 Å². The predicted molar refractivity (Wildman–Crippen MR) is 195 cm³/mol. The Labute approximate surface area is 316 Å². The van der Waals surface area contributed by atoms with Gasteiger partial charge >= 0.3 is 17.9 Å². The lowest BCUT2D eigenvalue weighted by Crippen LogP contribution is -2.53. The van der Waals surface area contributed by atoms with Gasteiger partial charge in [-0.25, -0.2) is 0 Å². The van der Waals surface area contributed by atoms with E-state index in [0.717, 1.165) is 6.08 Å². The number of rotatable bonds is 22. The molecular weight excluding hydrogens is 710 g/mol. The lowest BCUT2D eigenvalue weighted by atomic mass is 10.1. The first kappa shape index (κ1) is 47.4. The monoisotopic (exact) mass is 769 g/mol. The first-order valence-corrected chi connectivity index (χ1v) is 18.2. The number of hydrogen-bond donors (Lipinski definition) is 6. The second kappa shape index (κ2) is 28.8. The Balaban J connectivity index is 3.18. The molecule has 5 amide bonds. The van der Waals surface area contributed by atoms with Crippen LogP contribution in [0.1, 0.15) is 33.6 Å². The third kappa shape index (κ3) is 23.8. The van der Waals surface area contributed by atoms with Gasteiger partial charge in [0, 0.05) is 71.4 Å². The van der Waals surface area contributed by atoms with Crippen molar-refractivity contribution < 1.29 is 52.6 Å². The number of carbonyl (C=O) groups excluding carboxylic acids is 8. The highest BCUT2D eigenvalue weighted by molar-refractivity contribution is 5.87. The lowest BCUT2D eigenvalue weighted by molar-refractivity contribution is -0.144. The SMILES string of the molecule is C=CC(=O)NCCCNC(=O)CN1CCN(CC(=O)NCC(=O)OCC)CCN(CC(=O)NCC(=O)OCC)CCNC(CC(=O)NCC(=O)OCC)C1. The lowest BCUT2D eigenvalue weighted by Gasteiger charge is -2.33. The highest BCUT2D eigenvalue weighted by Gasteiger charge is 2.24. The van der Waals surface area contributed by atoms with Gasteiger partial charge in [0.05, 0.1) is 39.5 Å². The number of nitrogens with zero attached hydrogens (tertiary/aromatic N) is 3. The van der Waals surface area contributed by atoms with Gasteiger partial charge in [-0.2, -0.15) is 0 Å². The molecular formula is C34H59N9O11. The quantitative estimate of drug-likeness (QED) is 0.0267. The molecule has 54 heavy (non-hydrogen) atoms. The van der Waals surface area contributed by atoms with Crippen LogP contribution in [0.25, 0.3) is 0 Å². The summed E-state index contributed by atoms with van der Waals surface area (Å²) in [6.07, 6.45) is 1.59. The van der Waals surface area contributed by atoms with Crippen molar-refractivity contribution in [2.75, 3.05) is 118 Å². The average molecular weight is 770 g/mol. The summed E-state index contributed by atoms with van der Waals surface area (Å²) in [6.45, 7) is 10.5. The Bertz CT molecular complexity index is 1240.